The molecule has 0 saturated carbocycles. The van der Waals surface area contributed by atoms with Gasteiger partial charge in [-0.3, -0.25) is 9.48 Å². The average Bonchev–Trinajstić information content (AvgIpc) is 2.75. The van der Waals surface area contributed by atoms with E-state index in [-0.39, 0.29) is 5.56 Å². The summed E-state index contributed by atoms with van der Waals surface area (Å²) in [6.07, 6.45) is 7.02. The summed E-state index contributed by atoms with van der Waals surface area (Å²) in [5, 5.41) is 4.19. The van der Waals surface area contributed by atoms with Gasteiger partial charge >= 0.3 is 0 Å². The summed E-state index contributed by atoms with van der Waals surface area (Å²) in [7, 11) is 1.73. The molecule has 3 rings (SSSR count). The molecule has 3 heterocycles. The molecule has 2 aromatic rings. The van der Waals surface area contributed by atoms with Crippen LogP contribution in [0.4, 0.5) is 5.82 Å². The number of nitrogens with zero attached hydrogens (tertiary/aromatic N) is 5. The summed E-state index contributed by atoms with van der Waals surface area (Å²) in [6, 6.07) is 2.25. The topological polar surface area (TPSA) is 56.0 Å². The van der Waals surface area contributed by atoms with E-state index in [1.807, 2.05) is 21.8 Å². The van der Waals surface area contributed by atoms with Gasteiger partial charge in [-0.25, -0.2) is 4.98 Å². The van der Waals surface area contributed by atoms with Crippen LogP contribution in [0.15, 0.2) is 35.6 Å². The van der Waals surface area contributed by atoms with Crippen LogP contribution in [0, 0.1) is 0 Å². The molecule has 1 aliphatic heterocycles. The van der Waals surface area contributed by atoms with Gasteiger partial charge in [-0.05, 0) is 6.07 Å². The summed E-state index contributed by atoms with van der Waals surface area (Å²) in [4.78, 5) is 18.0. The zero-order chi connectivity index (χ0) is 11.8. The maximum atomic E-state index is 11.8. The third-order valence-electron chi connectivity index (χ3n) is 3.06. The van der Waals surface area contributed by atoms with Crippen LogP contribution in [-0.2, 0) is 7.05 Å². The predicted octanol–water partition coefficient (Wildman–Crippen LogP) is 0.0381. The fourth-order valence-electron chi connectivity index (χ4n) is 1.99. The molecular formula is C11H13N5O. The lowest BCUT2D eigenvalue weighted by Gasteiger charge is -2.39. The van der Waals surface area contributed by atoms with Crippen molar-refractivity contribution in [2.45, 2.75) is 6.04 Å². The molecule has 88 valence electrons. The van der Waals surface area contributed by atoms with E-state index in [1.54, 1.807) is 30.2 Å². The summed E-state index contributed by atoms with van der Waals surface area (Å²) < 4.78 is 3.47. The molecule has 0 amide bonds. The van der Waals surface area contributed by atoms with Crippen molar-refractivity contribution in [3.05, 3.63) is 41.2 Å². The standard InChI is InChI=1S/C11H13N5O/c1-14-6-4-12-10(11(14)17)15-7-9(8-15)16-5-2-3-13-16/h2-6,9H,7-8H2,1H3. The molecule has 0 spiro atoms. The SMILES string of the molecule is Cn1ccnc(N2CC(n3cccn3)C2)c1=O. The summed E-state index contributed by atoms with van der Waals surface area (Å²) in [5.74, 6) is 0.526. The molecular weight excluding hydrogens is 218 g/mol. The maximum Gasteiger partial charge on any atom is 0.293 e. The molecule has 6 nitrogen and oxygen atoms in total. The van der Waals surface area contributed by atoms with Crippen LogP contribution < -0.4 is 10.5 Å². The van der Waals surface area contributed by atoms with Gasteiger partial charge in [-0.2, -0.15) is 5.10 Å². The van der Waals surface area contributed by atoms with E-state index in [0.717, 1.165) is 13.1 Å². The Morgan fingerprint density at radius 2 is 2.12 bits per heavy atom. The Morgan fingerprint density at radius 1 is 1.29 bits per heavy atom. The number of aromatic nitrogens is 4. The van der Waals surface area contributed by atoms with Crippen molar-refractivity contribution in [3.8, 4) is 0 Å². The van der Waals surface area contributed by atoms with Crippen LogP contribution >= 0.6 is 0 Å². The molecule has 0 bridgehead atoms. The molecule has 0 aromatic carbocycles. The highest BCUT2D eigenvalue weighted by Crippen LogP contribution is 2.22. The minimum atomic E-state index is -0.0496. The van der Waals surface area contributed by atoms with Crippen LogP contribution in [0.2, 0.25) is 0 Å². The summed E-state index contributed by atoms with van der Waals surface area (Å²) in [5.41, 5.74) is -0.0496. The van der Waals surface area contributed by atoms with Crippen molar-refractivity contribution >= 4 is 5.82 Å². The second-order valence-electron chi connectivity index (χ2n) is 4.21. The van der Waals surface area contributed by atoms with Crippen molar-refractivity contribution in [3.63, 3.8) is 0 Å². The molecule has 0 N–H and O–H groups in total. The van der Waals surface area contributed by atoms with Crippen LogP contribution in [0.1, 0.15) is 6.04 Å². The van der Waals surface area contributed by atoms with Crippen LogP contribution in [-0.4, -0.2) is 32.4 Å². The first-order valence-corrected chi connectivity index (χ1v) is 5.51. The van der Waals surface area contributed by atoms with E-state index in [9.17, 15) is 4.79 Å². The monoisotopic (exact) mass is 231 g/mol. The lowest BCUT2D eigenvalue weighted by molar-refractivity contribution is 0.364. The molecule has 17 heavy (non-hydrogen) atoms. The first-order chi connectivity index (χ1) is 8.25. The first-order valence-electron chi connectivity index (χ1n) is 5.51. The van der Waals surface area contributed by atoms with Crippen molar-refractivity contribution in [1.82, 2.24) is 19.3 Å². The Balaban J connectivity index is 1.77. The maximum absolute atomic E-state index is 11.8. The molecule has 0 radical (unpaired) electrons. The molecule has 0 atom stereocenters. The molecule has 1 saturated heterocycles. The number of aryl methyl sites for hydroxylation is 1. The second-order valence-corrected chi connectivity index (χ2v) is 4.21. The van der Waals surface area contributed by atoms with Crippen molar-refractivity contribution in [2.75, 3.05) is 18.0 Å². The third kappa shape index (κ3) is 1.61. The van der Waals surface area contributed by atoms with Gasteiger partial charge < -0.3 is 9.47 Å². The predicted molar refractivity (Wildman–Crippen MR) is 63.0 cm³/mol. The third-order valence-corrected chi connectivity index (χ3v) is 3.06. The Hall–Kier alpha value is -2.11. The van der Waals surface area contributed by atoms with Crippen molar-refractivity contribution < 1.29 is 0 Å². The van der Waals surface area contributed by atoms with Crippen molar-refractivity contribution in [1.29, 1.82) is 0 Å². The summed E-state index contributed by atoms with van der Waals surface area (Å²) >= 11 is 0. The van der Waals surface area contributed by atoms with Gasteiger partial charge in [0.1, 0.15) is 0 Å². The highest BCUT2D eigenvalue weighted by atomic mass is 16.1. The fraction of sp³-hybridized carbons (Fsp3) is 0.364. The Kier molecular flexibility index (Phi) is 2.21. The zero-order valence-electron chi connectivity index (χ0n) is 9.52. The van der Waals surface area contributed by atoms with Gasteiger partial charge in [0.25, 0.3) is 5.56 Å². The normalized spacial score (nSPS) is 15.9. The minimum Gasteiger partial charge on any atom is -0.348 e. The molecule has 1 aliphatic rings. The second kappa shape index (κ2) is 3.73. The van der Waals surface area contributed by atoms with E-state index >= 15 is 0 Å². The Labute approximate surface area is 98.1 Å². The fourth-order valence-corrected chi connectivity index (χ4v) is 1.99. The highest BCUT2D eigenvalue weighted by Gasteiger charge is 2.31. The number of rotatable bonds is 2. The van der Waals surface area contributed by atoms with Gasteiger partial charge in [0.05, 0.1) is 6.04 Å². The van der Waals surface area contributed by atoms with E-state index in [2.05, 4.69) is 10.1 Å². The van der Waals surface area contributed by atoms with Crippen LogP contribution in [0.5, 0.6) is 0 Å². The number of hydrogen-bond acceptors (Lipinski definition) is 4. The van der Waals surface area contributed by atoms with Gasteiger partial charge in [0.2, 0.25) is 0 Å². The largest absolute Gasteiger partial charge is 0.348 e. The van der Waals surface area contributed by atoms with Crippen LogP contribution in [0.3, 0.4) is 0 Å². The van der Waals surface area contributed by atoms with Crippen LogP contribution in [0.25, 0.3) is 0 Å². The minimum absolute atomic E-state index is 0.0496. The first kappa shape index (κ1) is 10.1. The Morgan fingerprint density at radius 3 is 2.82 bits per heavy atom. The van der Waals surface area contributed by atoms with Gasteiger partial charge in [0, 0.05) is 44.9 Å². The quantitative estimate of drug-likeness (QED) is 0.732. The van der Waals surface area contributed by atoms with E-state index < -0.39 is 0 Å². The Bertz CT molecular complexity index is 568. The van der Waals surface area contributed by atoms with E-state index in [4.69, 9.17) is 0 Å². The molecule has 1 fully saturated rings. The number of anilines is 1. The summed E-state index contributed by atoms with van der Waals surface area (Å²) in [6.45, 7) is 1.57. The van der Waals surface area contributed by atoms with E-state index in [0.29, 0.717) is 11.9 Å². The lowest BCUT2D eigenvalue weighted by atomic mass is 10.1. The number of hydrogen-bond donors (Lipinski definition) is 0. The molecule has 6 heteroatoms. The zero-order valence-corrected chi connectivity index (χ0v) is 9.52. The molecule has 0 aliphatic carbocycles. The van der Waals surface area contributed by atoms with E-state index in [1.165, 1.54) is 0 Å². The van der Waals surface area contributed by atoms with Gasteiger partial charge in [-0.1, -0.05) is 0 Å². The van der Waals surface area contributed by atoms with Gasteiger partial charge in [0.15, 0.2) is 5.82 Å². The molecule has 0 unspecified atom stereocenters. The smallest absolute Gasteiger partial charge is 0.293 e. The van der Waals surface area contributed by atoms with Gasteiger partial charge in [-0.15, -0.1) is 0 Å². The lowest BCUT2D eigenvalue weighted by Crippen LogP contribution is -2.50. The highest BCUT2D eigenvalue weighted by molar-refractivity contribution is 5.39. The molecule has 2 aromatic heterocycles. The van der Waals surface area contributed by atoms with Crippen molar-refractivity contribution in [2.24, 2.45) is 7.05 Å². The average molecular weight is 231 g/mol.